The van der Waals surface area contributed by atoms with Gasteiger partial charge >= 0.3 is 0 Å². The molecule has 18 heavy (non-hydrogen) atoms. The van der Waals surface area contributed by atoms with Crippen LogP contribution in [-0.2, 0) is 21.0 Å². The number of carbonyl (C=O) groups is 1. The minimum atomic E-state index is -0.518. The molecule has 0 fully saturated rings. The number of ether oxygens (including phenoxy) is 1. The van der Waals surface area contributed by atoms with E-state index in [-0.39, 0.29) is 18.9 Å². The molecule has 100 valence electrons. The molecular formula is C13H19NO4. The molecule has 0 saturated carbocycles. The van der Waals surface area contributed by atoms with Gasteiger partial charge in [-0.3, -0.25) is 9.63 Å². The maximum Gasteiger partial charge on any atom is 0.248 e. The summed E-state index contributed by atoms with van der Waals surface area (Å²) < 4.78 is 5.49. The fourth-order valence-corrected chi connectivity index (χ4v) is 1.39. The second-order valence-electron chi connectivity index (χ2n) is 3.88. The molecular weight excluding hydrogens is 234 g/mol. The van der Waals surface area contributed by atoms with Crippen LogP contribution in [0.25, 0.3) is 0 Å². The van der Waals surface area contributed by atoms with Crippen molar-refractivity contribution in [2.75, 3.05) is 20.8 Å². The van der Waals surface area contributed by atoms with Crippen LogP contribution in [0.4, 0.5) is 0 Å². The van der Waals surface area contributed by atoms with Crippen LogP contribution in [0.5, 0.6) is 0 Å². The van der Waals surface area contributed by atoms with Crippen molar-refractivity contribution in [1.82, 2.24) is 5.06 Å². The molecule has 1 N–H and O–H groups in total. The molecule has 0 aliphatic rings. The average molecular weight is 253 g/mol. The van der Waals surface area contributed by atoms with E-state index in [9.17, 15) is 9.90 Å². The average Bonchev–Trinajstić information content (AvgIpc) is 2.43. The second-order valence-corrected chi connectivity index (χ2v) is 3.88. The van der Waals surface area contributed by atoms with Crippen LogP contribution >= 0.6 is 0 Å². The first-order valence-electron chi connectivity index (χ1n) is 5.74. The predicted molar refractivity (Wildman–Crippen MR) is 66.5 cm³/mol. The Morgan fingerprint density at radius 2 is 2.06 bits per heavy atom. The first-order chi connectivity index (χ1) is 8.67. The first kappa shape index (κ1) is 14.6. The number of hydroxylamine groups is 2. The van der Waals surface area contributed by atoms with E-state index in [2.05, 4.69) is 0 Å². The largest absolute Gasteiger partial charge is 0.394 e. The molecule has 5 heteroatoms. The quantitative estimate of drug-likeness (QED) is 0.736. The summed E-state index contributed by atoms with van der Waals surface area (Å²) in [6.07, 6.45) is -0.427. The van der Waals surface area contributed by atoms with Crippen molar-refractivity contribution in [3.63, 3.8) is 0 Å². The van der Waals surface area contributed by atoms with Crippen molar-refractivity contribution in [3.05, 3.63) is 35.9 Å². The van der Waals surface area contributed by atoms with Gasteiger partial charge in [-0.15, -0.1) is 0 Å². The minimum Gasteiger partial charge on any atom is -0.394 e. The zero-order valence-electron chi connectivity index (χ0n) is 10.7. The number of hydrogen-bond donors (Lipinski definition) is 1. The van der Waals surface area contributed by atoms with Gasteiger partial charge in [-0.2, -0.15) is 0 Å². The topological polar surface area (TPSA) is 59.0 Å². The summed E-state index contributed by atoms with van der Waals surface area (Å²) in [7, 11) is 2.94. The normalized spacial score (nSPS) is 12.2. The zero-order chi connectivity index (χ0) is 13.4. The van der Waals surface area contributed by atoms with Crippen LogP contribution in [0.2, 0.25) is 0 Å². The van der Waals surface area contributed by atoms with Gasteiger partial charge in [0.2, 0.25) is 5.91 Å². The summed E-state index contributed by atoms with van der Waals surface area (Å²) in [5.41, 5.74) is 1.00. The van der Waals surface area contributed by atoms with Gasteiger partial charge in [-0.25, -0.2) is 5.06 Å². The number of rotatable bonds is 7. The Balaban J connectivity index is 2.40. The number of carbonyl (C=O) groups excluding carboxylic acids is 1. The van der Waals surface area contributed by atoms with Gasteiger partial charge in [0.05, 0.1) is 32.8 Å². The summed E-state index contributed by atoms with van der Waals surface area (Å²) >= 11 is 0. The van der Waals surface area contributed by atoms with E-state index in [1.54, 1.807) is 0 Å². The number of amides is 1. The SMILES string of the molecule is CON(C)C(=O)C[C@@H](CO)OCc1ccccc1. The second kappa shape index (κ2) is 7.81. The monoisotopic (exact) mass is 253 g/mol. The van der Waals surface area contributed by atoms with Crippen LogP contribution in [0.1, 0.15) is 12.0 Å². The molecule has 0 aromatic heterocycles. The van der Waals surface area contributed by atoms with Crippen LogP contribution < -0.4 is 0 Å². The Morgan fingerprint density at radius 3 is 2.61 bits per heavy atom. The third-order valence-corrected chi connectivity index (χ3v) is 2.56. The Hall–Kier alpha value is -1.43. The van der Waals surface area contributed by atoms with Crippen molar-refractivity contribution in [2.45, 2.75) is 19.1 Å². The van der Waals surface area contributed by atoms with E-state index in [1.165, 1.54) is 14.2 Å². The Morgan fingerprint density at radius 1 is 1.39 bits per heavy atom. The van der Waals surface area contributed by atoms with E-state index < -0.39 is 6.10 Å². The van der Waals surface area contributed by atoms with Gasteiger partial charge in [0, 0.05) is 7.05 Å². The molecule has 0 bridgehead atoms. The van der Waals surface area contributed by atoms with E-state index in [0.29, 0.717) is 6.61 Å². The Bertz CT molecular complexity index is 355. The van der Waals surface area contributed by atoms with E-state index in [1.807, 2.05) is 30.3 Å². The highest BCUT2D eigenvalue weighted by Gasteiger charge is 2.16. The smallest absolute Gasteiger partial charge is 0.248 e. The van der Waals surface area contributed by atoms with Crippen molar-refractivity contribution in [3.8, 4) is 0 Å². The number of aliphatic hydroxyl groups is 1. The highest BCUT2D eigenvalue weighted by Crippen LogP contribution is 2.07. The van der Waals surface area contributed by atoms with Crippen LogP contribution in [0, 0.1) is 0 Å². The van der Waals surface area contributed by atoms with Gasteiger partial charge in [0.1, 0.15) is 0 Å². The van der Waals surface area contributed by atoms with Crippen molar-refractivity contribution in [1.29, 1.82) is 0 Å². The molecule has 1 amide bonds. The van der Waals surface area contributed by atoms with E-state index >= 15 is 0 Å². The molecule has 5 nitrogen and oxygen atoms in total. The lowest BCUT2D eigenvalue weighted by molar-refractivity contribution is -0.172. The number of benzene rings is 1. The zero-order valence-corrected chi connectivity index (χ0v) is 10.7. The maximum absolute atomic E-state index is 11.6. The minimum absolute atomic E-state index is 0.0909. The highest BCUT2D eigenvalue weighted by molar-refractivity contribution is 5.75. The lowest BCUT2D eigenvalue weighted by Gasteiger charge is -2.18. The van der Waals surface area contributed by atoms with Crippen LogP contribution in [0.15, 0.2) is 30.3 Å². The summed E-state index contributed by atoms with van der Waals surface area (Å²) in [4.78, 5) is 16.3. The Kier molecular flexibility index (Phi) is 6.35. The molecule has 0 heterocycles. The van der Waals surface area contributed by atoms with Gasteiger partial charge in [0.25, 0.3) is 0 Å². The molecule has 0 aliphatic heterocycles. The molecule has 0 unspecified atom stereocenters. The van der Waals surface area contributed by atoms with Crippen molar-refractivity contribution >= 4 is 5.91 Å². The summed E-state index contributed by atoms with van der Waals surface area (Å²) in [5, 5.41) is 10.3. The third kappa shape index (κ3) is 4.83. The van der Waals surface area contributed by atoms with Gasteiger partial charge < -0.3 is 9.84 Å². The maximum atomic E-state index is 11.6. The molecule has 0 saturated heterocycles. The summed E-state index contributed by atoms with van der Waals surface area (Å²) in [6, 6.07) is 9.60. The molecule has 1 aromatic rings. The van der Waals surface area contributed by atoms with Crippen molar-refractivity contribution < 1.29 is 19.5 Å². The summed E-state index contributed by atoms with van der Waals surface area (Å²) in [5.74, 6) is -0.232. The number of nitrogens with zero attached hydrogens (tertiary/aromatic N) is 1. The van der Waals surface area contributed by atoms with Crippen molar-refractivity contribution in [2.24, 2.45) is 0 Å². The van der Waals surface area contributed by atoms with Gasteiger partial charge in [-0.1, -0.05) is 30.3 Å². The van der Waals surface area contributed by atoms with Gasteiger partial charge in [-0.05, 0) is 5.56 Å². The number of hydrogen-bond acceptors (Lipinski definition) is 4. The van der Waals surface area contributed by atoms with Crippen LogP contribution in [0.3, 0.4) is 0 Å². The lowest BCUT2D eigenvalue weighted by Crippen LogP contribution is -2.31. The first-order valence-corrected chi connectivity index (χ1v) is 5.74. The third-order valence-electron chi connectivity index (χ3n) is 2.56. The fraction of sp³-hybridized carbons (Fsp3) is 0.462. The standard InChI is InChI=1S/C13H19NO4/c1-14(17-2)13(16)8-12(9-15)18-10-11-6-4-3-5-7-11/h3-7,12,15H,8-10H2,1-2H3/t12-/m0/s1. The van der Waals surface area contributed by atoms with Gasteiger partial charge in [0.15, 0.2) is 0 Å². The Labute approximate surface area is 107 Å². The molecule has 0 radical (unpaired) electrons. The molecule has 1 aromatic carbocycles. The van der Waals surface area contributed by atoms with Crippen LogP contribution in [-0.4, -0.2) is 42.9 Å². The summed E-state index contributed by atoms with van der Waals surface area (Å²) in [6.45, 7) is 0.173. The molecule has 0 spiro atoms. The van der Waals surface area contributed by atoms with E-state index in [0.717, 1.165) is 10.6 Å². The van der Waals surface area contributed by atoms with E-state index in [4.69, 9.17) is 9.57 Å². The number of aliphatic hydroxyl groups excluding tert-OH is 1. The lowest BCUT2D eigenvalue weighted by atomic mass is 10.2. The fourth-order valence-electron chi connectivity index (χ4n) is 1.39. The highest BCUT2D eigenvalue weighted by atomic mass is 16.7. The molecule has 1 atom stereocenters. The molecule has 1 rings (SSSR count). The predicted octanol–water partition coefficient (Wildman–Crippen LogP) is 0.974. The molecule has 0 aliphatic carbocycles.